The zero-order chi connectivity index (χ0) is 27.9. The summed E-state index contributed by atoms with van der Waals surface area (Å²) in [5, 5.41) is 11.9. The number of rotatable bonds is 6. The van der Waals surface area contributed by atoms with E-state index in [1.54, 1.807) is 18.2 Å². The van der Waals surface area contributed by atoms with Crippen molar-refractivity contribution in [1.29, 1.82) is 5.26 Å². The van der Waals surface area contributed by atoms with Crippen LogP contribution in [0.25, 0.3) is 10.9 Å². The van der Waals surface area contributed by atoms with Crippen LogP contribution < -0.4 is 5.32 Å². The van der Waals surface area contributed by atoms with E-state index in [2.05, 4.69) is 27.3 Å². The van der Waals surface area contributed by atoms with E-state index in [0.717, 1.165) is 6.26 Å². The minimum atomic E-state index is -3.94. The Morgan fingerprint density at radius 2 is 2.05 bits per heavy atom. The lowest BCUT2D eigenvalue weighted by Gasteiger charge is -2.39. The van der Waals surface area contributed by atoms with E-state index in [1.165, 1.54) is 15.3 Å². The Bertz CT molecular complexity index is 1740. The highest BCUT2D eigenvalue weighted by atomic mass is 32.2. The number of H-pyrrole nitrogens is 1. The molecule has 0 radical (unpaired) electrons. The van der Waals surface area contributed by atoms with E-state index in [-0.39, 0.29) is 56.4 Å². The zero-order valence-electron chi connectivity index (χ0n) is 21.0. The monoisotopic (exact) mass is 570 g/mol. The number of aromatic nitrogens is 2. The number of aromatic amines is 1. The van der Waals surface area contributed by atoms with Gasteiger partial charge in [0, 0.05) is 61.2 Å². The normalized spacial score (nSPS) is 20.3. The maximum absolute atomic E-state index is 13.5. The zero-order valence-corrected chi connectivity index (χ0v) is 22.7. The molecule has 204 valence electrons. The average Bonchev–Trinajstić information content (AvgIpc) is 3.54. The van der Waals surface area contributed by atoms with Crippen molar-refractivity contribution >= 4 is 36.7 Å². The van der Waals surface area contributed by atoms with Crippen molar-refractivity contribution in [3.8, 4) is 18.4 Å². The minimum absolute atomic E-state index is 0.0128. The fourth-order valence-corrected chi connectivity index (χ4v) is 7.25. The molecule has 2 aliphatic rings. The Labute approximate surface area is 225 Å². The second-order valence-electron chi connectivity index (χ2n) is 9.58. The Balaban J connectivity index is 1.37. The first-order valence-corrected chi connectivity index (χ1v) is 15.6. The van der Waals surface area contributed by atoms with E-state index in [4.69, 9.17) is 10.8 Å². The number of hydrogen-bond acceptors (Lipinski definition) is 9. The number of oxazole rings is 1. The predicted molar refractivity (Wildman–Crippen MR) is 140 cm³/mol. The number of terminal acetylenes is 1. The lowest BCUT2D eigenvalue weighted by molar-refractivity contribution is 0.0511. The summed E-state index contributed by atoms with van der Waals surface area (Å²) in [4.78, 5) is 22.1. The van der Waals surface area contributed by atoms with Crippen LogP contribution in [0.15, 0.2) is 33.7 Å². The SMILES string of the molecule is C#Cc1ccc2[nH]c(S(=O)(=O)N3CCN(C(=O)c4nc5c(o4)CNC(S(C)(=O)=O)C5)C(CCC#N)C3)cc2c1. The molecule has 2 aliphatic heterocycles. The largest absolute Gasteiger partial charge is 0.436 e. The minimum Gasteiger partial charge on any atom is -0.436 e. The molecule has 39 heavy (non-hydrogen) atoms. The number of nitriles is 1. The highest BCUT2D eigenvalue weighted by Gasteiger charge is 2.39. The second kappa shape index (κ2) is 10.1. The number of carbonyl (C=O) groups excluding carboxylic acids is 1. The van der Waals surface area contributed by atoms with Crippen LogP contribution in [0.3, 0.4) is 0 Å². The number of benzene rings is 1. The van der Waals surface area contributed by atoms with E-state index in [1.807, 2.05) is 0 Å². The first kappa shape index (κ1) is 26.9. The summed E-state index contributed by atoms with van der Waals surface area (Å²) in [6.07, 6.45) is 7.02. The molecule has 2 atom stereocenters. The van der Waals surface area contributed by atoms with Crippen molar-refractivity contribution in [3.63, 3.8) is 0 Å². The van der Waals surface area contributed by atoms with Crippen LogP contribution in [0.2, 0.25) is 0 Å². The topological polar surface area (TPSA) is 169 Å². The number of nitrogens with zero attached hydrogens (tertiary/aromatic N) is 4. The molecule has 12 nitrogen and oxygen atoms in total. The third kappa shape index (κ3) is 5.16. The number of piperazine rings is 1. The first-order chi connectivity index (χ1) is 18.5. The maximum Gasteiger partial charge on any atom is 0.310 e. The van der Waals surface area contributed by atoms with Gasteiger partial charge in [-0.1, -0.05) is 5.92 Å². The van der Waals surface area contributed by atoms with Crippen LogP contribution in [0.1, 0.15) is 40.5 Å². The number of carbonyl (C=O) groups is 1. The second-order valence-corrected chi connectivity index (χ2v) is 13.7. The lowest BCUT2D eigenvalue weighted by atomic mass is 10.1. The molecule has 0 aliphatic carbocycles. The van der Waals surface area contributed by atoms with Gasteiger partial charge >= 0.3 is 5.91 Å². The molecule has 2 unspecified atom stereocenters. The third-order valence-electron chi connectivity index (χ3n) is 7.02. The van der Waals surface area contributed by atoms with Crippen molar-refractivity contribution in [2.24, 2.45) is 0 Å². The highest BCUT2D eigenvalue weighted by Crippen LogP contribution is 2.27. The molecular formula is C25H26N6O6S2. The van der Waals surface area contributed by atoms with Gasteiger partial charge < -0.3 is 14.3 Å². The molecule has 14 heteroatoms. The molecule has 1 amide bonds. The van der Waals surface area contributed by atoms with Crippen LogP contribution in [0.5, 0.6) is 0 Å². The fourth-order valence-electron chi connectivity index (χ4n) is 4.92. The van der Waals surface area contributed by atoms with Crippen molar-refractivity contribution in [3.05, 3.63) is 47.2 Å². The molecular weight excluding hydrogens is 544 g/mol. The van der Waals surface area contributed by atoms with Gasteiger partial charge in [0.25, 0.3) is 15.9 Å². The van der Waals surface area contributed by atoms with Gasteiger partial charge in [-0.05, 0) is 30.7 Å². The van der Waals surface area contributed by atoms with Gasteiger partial charge in [-0.2, -0.15) is 9.57 Å². The van der Waals surface area contributed by atoms with Crippen LogP contribution in [0.4, 0.5) is 0 Å². The molecule has 3 aromatic rings. The smallest absolute Gasteiger partial charge is 0.310 e. The molecule has 0 spiro atoms. The molecule has 1 fully saturated rings. The molecule has 0 bridgehead atoms. The summed E-state index contributed by atoms with van der Waals surface area (Å²) in [7, 11) is -7.30. The van der Waals surface area contributed by atoms with E-state index >= 15 is 0 Å². The lowest BCUT2D eigenvalue weighted by Crippen LogP contribution is -2.56. The Kier molecular flexibility index (Phi) is 6.99. The third-order valence-corrected chi connectivity index (χ3v) is 10.2. The van der Waals surface area contributed by atoms with Gasteiger partial charge in [0.1, 0.15) is 16.2 Å². The first-order valence-electron chi connectivity index (χ1n) is 12.2. The van der Waals surface area contributed by atoms with Crippen molar-refractivity contribution in [1.82, 2.24) is 24.5 Å². The summed E-state index contributed by atoms with van der Waals surface area (Å²) >= 11 is 0. The van der Waals surface area contributed by atoms with Crippen LogP contribution in [-0.2, 0) is 32.8 Å². The van der Waals surface area contributed by atoms with E-state index in [9.17, 15) is 26.9 Å². The van der Waals surface area contributed by atoms with Crippen molar-refractivity contribution in [2.45, 2.75) is 42.2 Å². The molecule has 1 saturated heterocycles. The highest BCUT2D eigenvalue weighted by molar-refractivity contribution is 7.91. The fraction of sp³-hybridized carbons (Fsp3) is 0.400. The van der Waals surface area contributed by atoms with E-state index in [0.29, 0.717) is 27.9 Å². The van der Waals surface area contributed by atoms with Crippen molar-refractivity contribution in [2.75, 3.05) is 25.9 Å². The molecule has 4 heterocycles. The molecule has 1 aromatic carbocycles. The summed E-state index contributed by atoms with van der Waals surface area (Å²) in [5.74, 6) is 2.20. The van der Waals surface area contributed by atoms with Gasteiger partial charge in [-0.3, -0.25) is 10.1 Å². The summed E-state index contributed by atoms with van der Waals surface area (Å²) in [5.41, 5.74) is 1.65. The Hall–Kier alpha value is -3.69. The van der Waals surface area contributed by atoms with Crippen molar-refractivity contribution < 1.29 is 26.0 Å². The summed E-state index contributed by atoms with van der Waals surface area (Å²) in [6.45, 7) is 0.191. The number of hydrogen-bond donors (Lipinski definition) is 2. The number of nitrogens with one attached hydrogen (secondary N) is 2. The molecule has 0 saturated carbocycles. The van der Waals surface area contributed by atoms with Gasteiger partial charge in [-0.25, -0.2) is 21.8 Å². The van der Waals surface area contributed by atoms with E-state index < -0.39 is 37.2 Å². The quantitative estimate of drug-likeness (QED) is 0.410. The van der Waals surface area contributed by atoms with Crippen LogP contribution >= 0.6 is 0 Å². The van der Waals surface area contributed by atoms with Crippen LogP contribution in [-0.4, -0.2) is 79.2 Å². The summed E-state index contributed by atoms with van der Waals surface area (Å²) < 4.78 is 57.9. The number of fused-ring (bicyclic) bond motifs is 2. The van der Waals surface area contributed by atoms with Gasteiger partial charge in [0.15, 0.2) is 9.84 Å². The standard InChI is InChI=1S/C25H26N6O6S2/c1-3-16-6-7-19-17(11-16)12-23(28-19)39(35,36)30-9-10-31(18(15-30)5-4-8-26)25(32)24-29-20-13-22(38(2,33)34)27-14-21(20)37-24/h1,6-7,11-12,18,22,27-28H,4-5,9-10,13-15H2,2H3. The van der Waals surface area contributed by atoms with Gasteiger partial charge in [0.2, 0.25) is 0 Å². The van der Waals surface area contributed by atoms with Gasteiger partial charge in [-0.15, -0.1) is 6.42 Å². The Morgan fingerprint density at radius 3 is 2.77 bits per heavy atom. The predicted octanol–water partition coefficient (Wildman–Crippen LogP) is 0.973. The molecule has 5 rings (SSSR count). The number of sulfonamides is 1. The number of amides is 1. The van der Waals surface area contributed by atoms with Crippen LogP contribution in [0, 0.1) is 23.7 Å². The molecule has 2 aromatic heterocycles. The summed E-state index contributed by atoms with van der Waals surface area (Å²) in [6, 6.07) is 8.15. The number of sulfone groups is 1. The average molecular weight is 571 g/mol. The molecule has 2 N–H and O–H groups in total. The van der Waals surface area contributed by atoms with Gasteiger partial charge in [0.05, 0.1) is 18.3 Å². The maximum atomic E-state index is 13.5. The Morgan fingerprint density at radius 1 is 1.26 bits per heavy atom.